The van der Waals surface area contributed by atoms with E-state index in [4.69, 9.17) is 0 Å². The van der Waals surface area contributed by atoms with Crippen molar-refractivity contribution >= 4 is 29.7 Å². The van der Waals surface area contributed by atoms with Crippen LogP contribution >= 0.6 is 0 Å². The molecule has 0 bridgehead atoms. The normalized spacial score (nSPS) is 11.6. The first kappa shape index (κ1) is 25.3. The summed E-state index contributed by atoms with van der Waals surface area (Å²) in [5, 5.41) is 5.57. The van der Waals surface area contributed by atoms with Gasteiger partial charge >= 0.3 is 0 Å². The number of hydrogen-bond acceptors (Lipinski definition) is 4. The molecule has 184 valence electrons. The number of carbonyl (C=O) groups is 3. The second kappa shape index (κ2) is 12.7. The second-order valence-corrected chi connectivity index (χ2v) is 8.43. The molecular weight excluding hydrogens is 462 g/mol. The zero-order valence-electron chi connectivity index (χ0n) is 20.2. The predicted octanol–water partition coefficient (Wildman–Crippen LogP) is 4.59. The van der Waals surface area contributed by atoms with Crippen LogP contribution in [0.5, 0.6) is 0 Å². The molecular formula is C31H27N3O3. The Bertz CT molecular complexity index is 1370. The molecule has 2 amide bonds. The van der Waals surface area contributed by atoms with Crippen LogP contribution in [0.25, 0.3) is 12.2 Å². The number of pyridine rings is 1. The van der Waals surface area contributed by atoms with Crippen LogP contribution in [-0.4, -0.2) is 35.2 Å². The van der Waals surface area contributed by atoms with Crippen molar-refractivity contribution in [1.82, 2.24) is 15.6 Å². The molecule has 6 heteroatoms. The highest BCUT2D eigenvalue weighted by molar-refractivity contribution is 6.02. The largest absolute Gasteiger partial charge is 0.345 e. The molecule has 6 nitrogen and oxygen atoms in total. The first-order valence-electron chi connectivity index (χ1n) is 12.0. The fraction of sp³-hybridized carbons (Fsp3) is 0.0968. The Labute approximate surface area is 216 Å². The Balaban J connectivity index is 1.50. The van der Waals surface area contributed by atoms with Gasteiger partial charge in [-0.1, -0.05) is 78.9 Å². The highest BCUT2D eigenvalue weighted by Crippen LogP contribution is 2.14. The van der Waals surface area contributed by atoms with Crippen LogP contribution in [0.3, 0.4) is 0 Å². The fourth-order valence-corrected chi connectivity index (χ4v) is 3.82. The van der Waals surface area contributed by atoms with E-state index in [1.165, 1.54) is 0 Å². The van der Waals surface area contributed by atoms with E-state index in [-0.39, 0.29) is 24.1 Å². The van der Waals surface area contributed by atoms with Gasteiger partial charge in [-0.3, -0.25) is 19.4 Å². The Morgan fingerprint density at radius 3 is 2.11 bits per heavy atom. The Kier molecular flexibility index (Phi) is 8.70. The Morgan fingerprint density at radius 2 is 1.38 bits per heavy atom. The first-order valence-corrected chi connectivity index (χ1v) is 12.0. The molecule has 0 aliphatic carbocycles. The molecule has 0 spiro atoms. The standard InChI is InChI=1S/C31H27N3O3/c35-29(22-33-30(36)26-12-5-2-6-13-26)28(21-24-9-3-1-4-10-24)34-31(37)27-14-8-7-11-25(27)16-15-23-17-19-32-20-18-23/h1-20,28H,21-22H2,(H,33,36)(H,34,37)/b16-15+/t28-/m0/s1. The van der Waals surface area contributed by atoms with E-state index in [0.29, 0.717) is 17.5 Å². The van der Waals surface area contributed by atoms with Crippen molar-refractivity contribution in [2.75, 3.05) is 6.54 Å². The average molecular weight is 490 g/mol. The zero-order valence-corrected chi connectivity index (χ0v) is 20.2. The molecule has 4 aromatic rings. The van der Waals surface area contributed by atoms with Crippen LogP contribution in [0.4, 0.5) is 0 Å². The van der Waals surface area contributed by atoms with Crippen LogP contribution < -0.4 is 10.6 Å². The van der Waals surface area contributed by atoms with Gasteiger partial charge in [-0.15, -0.1) is 0 Å². The zero-order chi connectivity index (χ0) is 25.9. The maximum Gasteiger partial charge on any atom is 0.252 e. The third kappa shape index (κ3) is 7.32. The Hall–Kier alpha value is -4.84. The first-order chi connectivity index (χ1) is 18.1. The molecule has 3 aromatic carbocycles. The summed E-state index contributed by atoms with van der Waals surface area (Å²) in [6, 6.07) is 28.3. The van der Waals surface area contributed by atoms with Crippen LogP contribution in [0.15, 0.2) is 109 Å². The monoisotopic (exact) mass is 489 g/mol. The molecule has 1 heterocycles. The van der Waals surface area contributed by atoms with Crippen LogP contribution in [0.1, 0.15) is 37.4 Å². The highest BCUT2D eigenvalue weighted by Gasteiger charge is 2.23. The van der Waals surface area contributed by atoms with Gasteiger partial charge in [-0.2, -0.15) is 0 Å². The second-order valence-electron chi connectivity index (χ2n) is 8.43. The van der Waals surface area contributed by atoms with Crippen molar-refractivity contribution < 1.29 is 14.4 Å². The van der Waals surface area contributed by atoms with Gasteiger partial charge in [0, 0.05) is 23.5 Å². The van der Waals surface area contributed by atoms with Crippen LogP contribution in [-0.2, 0) is 11.2 Å². The van der Waals surface area contributed by atoms with Crippen molar-refractivity contribution in [2.24, 2.45) is 0 Å². The van der Waals surface area contributed by atoms with Gasteiger partial charge in [0.25, 0.3) is 11.8 Å². The number of amides is 2. The topological polar surface area (TPSA) is 88.2 Å². The minimum atomic E-state index is -0.816. The van der Waals surface area contributed by atoms with Gasteiger partial charge in [-0.25, -0.2) is 0 Å². The molecule has 0 radical (unpaired) electrons. The minimum Gasteiger partial charge on any atom is -0.345 e. The summed E-state index contributed by atoms with van der Waals surface area (Å²) < 4.78 is 0. The van der Waals surface area contributed by atoms with E-state index in [9.17, 15) is 14.4 Å². The van der Waals surface area contributed by atoms with Gasteiger partial charge in [0.05, 0.1) is 12.6 Å². The number of benzene rings is 3. The maximum absolute atomic E-state index is 13.3. The van der Waals surface area contributed by atoms with E-state index in [1.54, 1.807) is 48.8 Å². The number of nitrogens with zero attached hydrogens (tertiary/aromatic N) is 1. The van der Waals surface area contributed by atoms with Crippen molar-refractivity contribution in [3.63, 3.8) is 0 Å². The number of carbonyl (C=O) groups excluding carboxylic acids is 3. The maximum atomic E-state index is 13.3. The average Bonchev–Trinajstić information content (AvgIpc) is 2.96. The molecule has 0 aliphatic rings. The molecule has 0 aliphatic heterocycles. The van der Waals surface area contributed by atoms with Crippen LogP contribution in [0.2, 0.25) is 0 Å². The van der Waals surface area contributed by atoms with Gasteiger partial charge < -0.3 is 10.6 Å². The summed E-state index contributed by atoms with van der Waals surface area (Å²) in [6.45, 7) is -0.199. The third-order valence-electron chi connectivity index (χ3n) is 5.80. The molecule has 37 heavy (non-hydrogen) atoms. The van der Waals surface area contributed by atoms with E-state index < -0.39 is 6.04 Å². The number of aromatic nitrogens is 1. The molecule has 2 N–H and O–H groups in total. The number of rotatable bonds is 10. The van der Waals surface area contributed by atoms with Crippen molar-refractivity contribution in [1.29, 1.82) is 0 Å². The number of ketones is 1. The van der Waals surface area contributed by atoms with Crippen molar-refractivity contribution in [3.05, 3.63) is 137 Å². The van der Waals surface area contributed by atoms with Gasteiger partial charge in [0.2, 0.25) is 0 Å². The molecule has 4 rings (SSSR count). The predicted molar refractivity (Wildman–Crippen MR) is 145 cm³/mol. The van der Waals surface area contributed by atoms with Gasteiger partial charge in [0.1, 0.15) is 0 Å². The lowest BCUT2D eigenvalue weighted by atomic mass is 10.00. The molecule has 1 atom stereocenters. The summed E-state index contributed by atoms with van der Waals surface area (Å²) in [4.78, 5) is 43.0. The van der Waals surface area contributed by atoms with E-state index in [2.05, 4.69) is 15.6 Å². The lowest BCUT2D eigenvalue weighted by molar-refractivity contribution is -0.119. The smallest absolute Gasteiger partial charge is 0.252 e. The molecule has 0 saturated carbocycles. The Morgan fingerprint density at radius 1 is 0.730 bits per heavy atom. The summed E-state index contributed by atoms with van der Waals surface area (Å²) in [6.07, 6.45) is 7.48. The fourth-order valence-electron chi connectivity index (χ4n) is 3.82. The number of hydrogen-bond donors (Lipinski definition) is 2. The van der Waals surface area contributed by atoms with Crippen molar-refractivity contribution in [3.8, 4) is 0 Å². The summed E-state index contributed by atoms with van der Waals surface area (Å²) in [5.41, 5.74) is 3.50. The summed E-state index contributed by atoms with van der Waals surface area (Å²) in [7, 11) is 0. The van der Waals surface area contributed by atoms with E-state index >= 15 is 0 Å². The highest BCUT2D eigenvalue weighted by atomic mass is 16.2. The summed E-state index contributed by atoms with van der Waals surface area (Å²) >= 11 is 0. The van der Waals surface area contributed by atoms with Gasteiger partial charge in [0.15, 0.2) is 5.78 Å². The van der Waals surface area contributed by atoms with E-state index in [0.717, 1.165) is 16.7 Å². The minimum absolute atomic E-state index is 0.199. The quantitative estimate of drug-likeness (QED) is 0.341. The lowest BCUT2D eigenvalue weighted by Gasteiger charge is -2.19. The number of Topliss-reactive ketones (excluding diaryl/α,β-unsaturated/α-hetero) is 1. The molecule has 0 unspecified atom stereocenters. The van der Waals surface area contributed by atoms with E-state index in [1.807, 2.05) is 72.8 Å². The molecule has 0 saturated heterocycles. The summed E-state index contributed by atoms with van der Waals surface area (Å²) in [5.74, 6) is -0.990. The SMILES string of the molecule is O=C(NCC(=O)[C@H](Cc1ccccc1)NC(=O)c1ccccc1/C=C/c1ccncc1)c1ccccc1. The van der Waals surface area contributed by atoms with Gasteiger partial charge in [-0.05, 0) is 53.4 Å². The number of nitrogens with one attached hydrogen (secondary N) is 2. The third-order valence-corrected chi connectivity index (χ3v) is 5.80. The van der Waals surface area contributed by atoms with Crippen LogP contribution in [0, 0.1) is 0 Å². The lowest BCUT2D eigenvalue weighted by Crippen LogP contribution is -2.46. The molecule has 1 aromatic heterocycles. The molecule has 0 fully saturated rings. The van der Waals surface area contributed by atoms with Crippen molar-refractivity contribution in [2.45, 2.75) is 12.5 Å².